The van der Waals surface area contributed by atoms with Gasteiger partial charge in [-0.3, -0.25) is 4.84 Å². The van der Waals surface area contributed by atoms with E-state index in [1.165, 1.54) is 12.8 Å². The second-order valence-electron chi connectivity index (χ2n) is 9.16. The van der Waals surface area contributed by atoms with E-state index in [0.717, 1.165) is 23.8 Å². The van der Waals surface area contributed by atoms with Gasteiger partial charge in [-0.15, -0.1) is 0 Å². The van der Waals surface area contributed by atoms with Gasteiger partial charge >= 0.3 is 0 Å². The first-order valence-electron chi connectivity index (χ1n) is 10.5. The van der Waals surface area contributed by atoms with Gasteiger partial charge in [0.15, 0.2) is 0 Å². The molecule has 4 atom stereocenters. The van der Waals surface area contributed by atoms with Crippen LogP contribution in [0.15, 0.2) is 60.7 Å². The molecular weight excluding hydrogens is 346 g/mol. The van der Waals surface area contributed by atoms with Crippen molar-refractivity contribution in [3.63, 3.8) is 0 Å². The average molecular weight is 378 g/mol. The van der Waals surface area contributed by atoms with Gasteiger partial charge in [-0.1, -0.05) is 87.9 Å². The number of fused-ring (bicyclic) bond motifs is 1. The fraction of sp³-hybridized carbons (Fsp3) is 0.480. The van der Waals surface area contributed by atoms with Crippen molar-refractivity contribution < 1.29 is 9.63 Å². The lowest BCUT2D eigenvalue weighted by molar-refractivity contribution is -0.242. The number of hydrogen-bond donors (Lipinski definition) is 0. The van der Waals surface area contributed by atoms with Crippen LogP contribution in [0.25, 0.3) is 0 Å². The Morgan fingerprint density at radius 3 is 2.36 bits per heavy atom. The lowest BCUT2D eigenvalue weighted by Gasteiger charge is -2.41. The van der Waals surface area contributed by atoms with Gasteiger partial charge in [0.2, 0.25) is 0 Å². The van der Waals surface area contributed by atoms with Crippen molar-refractivity contribution in [2.45, 2.75) is 58.2 Å². The van der Waals surface area contributed by atoms with Crippen molar-refractivity contribution in [3.05, 3.63) is 71.8 Å². The second kappa shape index (κ2) is 7.46. The summed E-state index contributed by atoms with van der Waals surface area (Å²) < 4.78 is 0. The van der Waals surface area contributed by atoms with Gasteiger partial charge < -0.3 is 4.79 Å². The molecule has 2 aliphatic carbocycles. The number of hydroxylamine groups is 2. The second-order valence-corrected chi connectivity index (χ2v) is 9.16. The van der Waals surface area contributed by atoms with Crippen LogP contribution in [0.4, 0.5) is 0 Å². The van der Waals surface area contributed by atoms with E-state index in [2.05, 4.69) is 38.0 Å². The first kappa shape index (κ1) is 19.4. The van der Waals surface area contributed by atoms with Crippen LogP contribution in [0.2, 0.25) is 0 Å². The molecule has 0 aliphatic heterocycles. The Morgan fingerprint density at radius 2 is 1.71 bits per heavy atom. The molecular formula is C25H31NO2. The summed E-state index contributed by atoms with van der Waals surface area (Å²) in [6.07, 6.45) is 4.61. The molecule has 2 saturated carbocycles. The highest BCUT2D eigenvalue weighted by molar-refractivity contribution is 5.62. The molecule has 0 radical (unpaired) electrons. The maximum atomic E-state index is 12.3. The maximum absolute atomic E-state index is 12.3. The van der Waals surface area contributed by atoms with Crippen molar-refractivity contribution in [2.24, 2.45) is 17.3 Å². The van der Waals surface area contributed by atoms with E-state index in [0.29, 0.717) is 18.4 Å². The van der Waals surface area contributed by atoms with Crippen LogP contribution in [0.3, 0.4) is 0 Å². The van der Waals surface area contributed by atoms with Crippen molar-refractivity contribution in [1.29, 1.82) is 0 Å². The Kier molecular flexibility index (Phi) is 5.15. The Labute approximate surface area is 168 Å². The van der Waals surface area contributed by atoms with Crippen LogP contribution in [0.1, 0.15) is 57.2 Å². The molecule has 2 aromatic rings. The number of benzene rings is 2. The average Bonchev–Trinajstić information content (AvgIpc) is 3.21. The van der Waals surface area contributed by atoms with E-state index < -0.39 is 0 Å². The molecule has 3 heteroatoms. The Balaban J connectivity index is 1.70. The summed E-state index contributed by atoms with van der Waals surface area (Å²) in [6.45, 7) is 7.51. The number of aldehydes is 1. The van der Waals surface area contributed by atoms with E-state index in [4.69, 9.17) is 4.84 Å². The summed E-state index contributed by atoms with van der Waals surface area (Å²) in [7, 11) is 0. The fourth-order valence-electron chi connectivity index (χ4n) is 5.64. The minimum Gasteiger partial charge on any atom is -0.301 e. The summed E-state index contributed by atoms with van der Waals surface area (Å²) >= 11 is 0. The molecule has 2 aliphatic rings. The zero-order valence-electron chi connectivity index (χ0n) is 17.2. The number of hydrogen-bond acceptors (Lipinski definition) is 3. The molecule has 0 spiro atoms. The molecule has 0 bridgehead atoms. The summed E-state index contributed by atoms with van der Waals surface area (Å²) in [4.78, 5) is 18.8. The molecule has 0 saturated heterocycles. The van der Waals surface area contributed by atoms with Gasteiger partial charge in [-0.05, 0) is 41.2 Å². The third-order valence-electron chi connectivity index (χ3n) is 7.22. The highest BCUT2D eigenvalue weighted by atomic mass is 16.7. The molecule has 0 N–H and O–H groups in total. The zero-order chi connectivity index (χ0) is 19.8. The van der Waals surface area contributed by atoms with Crippen molar-refractivity contribution in [2.75, 3.05) is 0 Å². The zero-order valence-corrected chi connectivity index (χ0v) is 17.2. The maximum Gasteiger partial charge on any atom is 0.144 e. The van der Waals surface area contributed by atoms with Crippen LogP contribution in [0.5, 0.6) is 0 Å². The van der Waals surface area contributed by atoms with E-state index in [1.807, 2.05) is 48.5 Å². The van der Waals surface area contributed by atoms with Gasteiger partial charge in [-0.25, -0.2) is 0 Å². The monoisotopic (exact) mass is 377 g/mol. The van der Waals surface area contributed by atoms with Gasteiger partial charge in [-0.2, -0.15) is 5.06 Å². The molecule has 2 fully saturated rings. The fourth-order valence-corrected chi connectivity index (χ4v) is 5.64. The van der Waals surface area contributed by atoms with E-state index >= 15 is 0 Å². The van der Waals surface area contributed by atoms with Gasteiger partial charge in [0.1, 0.15) is 12.3 Å². The number of rotatable bonds is 7. The van der Waals surface area contributed by atoms with Gasteiger partial charge in [0, 0.05) is 0 Å². The molecule has 28 heavy (non-hydrogen) atoms. The Bertz CT molecular complexity index is 804. The topological polar surface area (TPSA) is 29.5 Å². The summed E-state index contributed by atoms with van der Waals surface area (Å²) in [6, 6.07) is 19.9. The van der Waals surface area contributed by atoms with E-state index in [-0.39, 0.29) is 17.0 Å². The largest absolute Gasteiger partial charge is 0.301 e. The molecule has 0 aromatic heterocycles. The van der Waals surface area contributed by atoms with Crippen LogP contribution in [-0.4, -0.2) is 16.9 Å². The molecule has 0 heterocycles. The first-order chi connectivity index (χ1) is 13.5. The summed E-state index contributed by atoms with van der Waals surface area (Å²) in [5.41, 5.74) is 2.19. The lowest BCUT2D eigenvalue weighted by atomic mass is 9.85. The molecule has 0 amide bonds. The smallest absolute Gasteiger partial charge is 0.144 e. The molecule has 3 nitrogen and oxygen atoms in total. The first-order valence-corrected chi connectivity index (χ1v) is 10.5. The Hall–Kier alpha value is -1.97. The van der Waals surface area contributed by atoms with Crippen LogP contribution < -0.4 is 0 Å². The quantitative estimate of drug-likeness (QED) is 0.466. The van der Waals surface area contributed by atoms with Gasteiger partial charge in [0.25, 0.3) is 0 Å². The highest BCUT2D eigenvalue weighted by Gasteiger charge is 2.75. The predicted molar refractivity (Wildman–Crippen MR) is 111 cm³/mol. The van der Waals surface area contributed by atoms with Crippen molar-refractivity contribution in [1.82, 2.24) is 5.06 Å². The van der Waals surface area contributed by atoms with Crippen LogP contribution in [0, 0.1) is 17.3 Å². The minimum atomic E-state index is -0.389. The number of carbonyl (C=O) groups excluding carboxylic acids is 1. The normalized spacial score (nSPS) is 29.1. The van der Waals surface area contributed by atoms with Crippen molar-refractivity contribution in [3.8, 4) is 0 Å². The highest BCUT2D eigenvalue weighted by Crippen LogP contribution is 2.72. The third kappa shape index (κ3) is 3.11. The summed E-state index contributed by atoms with van der Waals surface area (Å²) in [5.74, 6) is 1.21. The van der Waals surface area contributed by atoms with Crippen LogP contribution in [-0.2, 0) is 16.2 Å². The molecule has 4 rings (SSSR count). The van der Waals surface area contributed by atoms with Crippen LogP contribution >= 0.6 is 0 Å². The Morgan fingerprint density at radius 1 is 1.07 bits per heavy atom. The molecule has 4 unspecified atom stereocenters. The standard InChI is InChI=1S/C25H31NO2/c1-19-14-15-23-24(2,3)25(23,16-19)26(28-18-20-10-6-4-7-11-20)22(17-27)21-12-8-5-9-13-21/h4-13,17,19,22-23H,14-16,18H2,1-3H3. The van der Waals surface area contributed by atoms with E-state index in [1.54, 1.807) is 0 Å². The minimum absolute atomic E-state index is 0.0825. The number of carbonyl (C=O) groups is 1. The lowest BCUT2D eigenvalue weighted by Crippen LogP contribution is -2.46. The van der Waals surface area contributed by atoms with E-state index in [9.17, 15) is 4.79 Å². The SMILES string of the molecule is CC1CCC2C(C)(C)C2(N(OCc2ccccc2)C(C=O)c2ccccc2)C1. The number of nitrogens with zero attached hydrogens (tertiary/aromatic N) is 1. The molecule has 2 aromatic carbocycles. The van der Waals surface area contributed by atoms with Gasteiger partial charge in [0.05, 0.1) is 12.1 Å². The summed E-state index contributed by atoms with van der Waals surface area (Å²) in [5, 5.41) is 2.09. The van der Waals surface area contributed by atoms with Crippen molar-refractivity contribution >= 4 is 6.29 Å². The third-order valence-corrected chi connectivity index (χ3v) is 7.22. The predicted octanol–water partition coefficient (Wildman–Crippen LogP) is 5.58. The molecule has 148 valence electrons.